The van der Waals surface area contributed by atoms with Crippen LogP contribution in [0.15, 0.2) is 54.6 Å². The van der Waals surface area contributed by atoms with Crippen molar-refractivity contribution in [1.29, 1.82) is 0 Å². The molecule has 7 nitrogen and oxygen atoms in total. The smallest absolute Gasteiger partial charge is 0.181 e. The molecule has 1 fully saturated rings. The van der Waals surface area contributed by atoms with Gasteiger partial charge in [0.25, 0.3) is 0 Å². The van der Waals surface area contributed by atoms with Gasteiger partial charge in [0.15, 0.2) is 5.82 Å². The molecule has 196 valence electrons. The molecular weight excluding hydrogens is 472 g/mol. The molecule has 0 atom stereocenters. The maximum Gasteiger partial charge on any atom is 0.181 e. The van der Waals surface area contributed by atoms with Crippen LogP contribution in [0, 0.1) is 5.92 Å². The molecule has 3 heterocycles. The summed E-state index contributed by atoms with van der Waals surface area (Å²) in [7, 11) is 0. The molecule has 0 spiro atoms. The van der Waals surface area contributed by atoms with Gasteiger partial charge in [-0.1, -0.05) is 38.5 Å². The summed E-state index contributed by atoms with van der Waals surface area (Å²) in [5.41, 5.74) is 3.98. The van der Waals surface area contributed by atoms with Crippen molar-refractivity contribution in [2.24, 2.45) is 5.92 Å². The lowest BCUT2D eigenvalue weighted by Crippen LogP contribution is -2.31. The fourth-order valence-corrected chi connectivity index (χ4v) is 5.40. The number of aromatic nitrogens is 5. The second kappa shape index (κ2) is 11.0. The van der Waals surface area contributed by atoms with Crippen LogP contribution in [-0.4, -0.2) is 56.5 Å². The molecule has 0 amide bonds. The summed E-state index contributed by atoms with van der Waals surface area (Å²) in [6.45, 7) is 8.73. The molecule has 6 rings (SSSR count). The fourth-order valence-electron chi connectivity index (χ4n) is 5.40. The molecule has 0 unspecified atom stereocenters. The molecule has 1 aliphatic heterocycles. The predicted octanol–water partition coefficient (Wildman–Crippen LogP) is 6.62. The number of aromatic amines is 2. The van der Waals surface area contributed by atoms with Gasteiger partial charge >= 0.3 is 0 Å². The van der Waals surface area contributed by atoms with Gasteiger partial charge < -0.3 is 9.64 Å². The second-order valence-corrected chi connectivity index (χ2v) is 10.9. The Morgan fingerprint density at radius 1 is 0.868 bits per heavy atom. The Morgan fingerprint density at radius 2 is 1.68 bits per heavy atom. The molecule has 38 heavy (non-hydrogen) atoms. The van der Waals surface area contributed by atoms with Crippen LogP contribution < -0.4 is 4.74 Å². The Balaban J connectivity index is 1.18. The van der Waals surface area contributed by atoms with Crippen LogP contribution >= 0.6 is 0 Å². The number of nitrogens with one attached hydrogen (secondary N) is 2. The zero-order valence-electron chi connectivity index (χ0n) is 22.3. The van der Waals surface area contributed by atoms with Crippen LogP contribution in [-0.2, 0) is 6.42 Å². The summed E-state index contributed by atoms with van der Waals surface area (Å²) in [5.74, 6) is 3.10. The number of hydrogen-bond acceptors (Lipinski definition) is 5. The number of hydrogen-bond donors (Lipinski definition) is 2. The van der Waals surface area contributed by atoms with E-state index < -0.39 is 0 Å². The van der Waals surface area contributed by atoms with E-state index in [1.165, 1.54) is 43.1 Å². The summed E-state index contributed by atoms with van der Waals surface area (Å²) in [5, 5.41) is 18.8. The van der Waals surface area contributed by atoms with E-state index in [1.807, 2.05) is 6.07 Å². The third kappa shape index (κ3) is 5.43. The lowest BCUT2D eigenvalue weighted by molar-refractivity contribution is 0.205. The SMILES string of the molecule is CC(C)Cc1nc(-c2ccc3[nH]nc(-c4ccc5cc(OCCCN6CCCCC6)ccc5c4)c3c2)n[nH]1. The fraction of sp³-hybridized carbons (Fsp3) is 0.387. The van der Waals surface area contributed by atoms with Crippen LogP contribution in [0.4, 0.5) is 0 Å². The minimum Gasteiger partial charge on any atom is -0.494 e. The number of fused-ring (bicyclic) bond motifs is 2. The van der Waals surface area contributed by atoms with E-state index in [0.29, 0.717) is 5.92 Å². The van der Waals surface area contributed by atoms with Crippen molar-refractivity contribution in [2.45, 2.75) is 46.0 Å². The topological polar surface area (TPSA) is 82.7 Å². The number of likely N-dealkylation sites (tertiary alicyclic amines) is 1. The van der Waals surface area contributed by atoms with Gasteiger partial charge in [-0.05, 0) is 85.4 Å². The summed E-state index contributed by atoms with van der Waals surface area (Å²) in [4.78, 5) is 7.26. The van der Waals surface area contributed by atoms with E-state index in [1.54, 1.807) is 0 Å². The van der Waals surface area contributed by atoms with Crippen molar-refractivity contribution >= 4 is 21.7 Å². The summed E-state index contributed by atoms with van der Waals surface area (Å²) in [6, 6.07) is 19.1. The summed E-state index contributed by atoms with van der Waals surface area (Å²) in [6.07, 6.45) is 6.00. The number of benzene rings is 3. The maximum absolute atomic E-state index is 6.08. The van der Waals surface area contributed by atoms with Gasteiger partial charge in [0.2, 0.25) is 0 Å². The molecular formula is C31H36N6O. The Morgan fingerprint density at radius 3 is 2.55 bits per heavy atom. The van der Waals surface area contributed by atoms with Crippen LogP contribution in [0.3, 0.4) is 0 Å². The highest BCUT2D eigenvalue weighted by atomic mass is 16.5. The number of H-pyrrole nitrogens is 2. The minimum absolute atomic E-state index is 0.527. The van der Waals surface area contributed by atoms with Crippen LogP contribution in [0.5, 0.6) is 5.75 Å². The van der Waals surface area contributed by atoms with E-state index in [2.05, 4.69) is 87.7 Å². The van der Waals surface area contributed by atoms with Crippen LogP contribution in [0.2, 0.25) is 0 Å². The van der Waals surface area contributed by atoms with Crippen molar-refractivity contribution in [3.05, 3.63) is 60.4 Å². The van der Waals surface area contributed by atoms with E-state index in [4.69, 9.17) is 9.72 Å². The monoisotopic (exact) mass is 508 g/mol. The van der Waals surface area contributed by atoms with E-state index >= 15 is 0 Å². The third-order valence-corrected chi connectivity index (χ3v) is 7.38. The predicted molar refractivity (Wildman–Crippen MR) is 153 cm³/mol. The van der Waals surface area contributed by atoms with Gasteiger partial charge in [-0.25, -0.2) is 4.98 Å². The van der Waals surface area contributed by atoms with Gasteiger partial charge in [0.1, 0.15) is 11.6 Å². The van der Waals surface area contributed by atoms with Crippen molar-refractivity contribution < 1.29 is 4.74 Å². The zero-order chi connectivity index (χ0) is 25.9. The molecule has 0 bridgehead atoms. The standard InChI is InChI=1S/C31H36N6O/c1-21(2)17-29-32-31(36-34-29)25-10-12-28-27(20-25)30(35-33-28)24-8-7-23-19-26(11-9-22(23)18-24)38-16-6-15-37-13-4-3-5-14-37/h7-12,18-21H,3-6,13-17H2,1-2H3,(H,33,35)(H,32,34,36). The minimum atomic E-state index is 0.527. The average molecular weight is 509 g/mol. The summed E-state index contributed by atoms with van der Waals surface area (Å²) < 4.78 is 6.08. The van der Waals surface area contributed by atoms with Crippen molar-refractivity contribution in [3.63, 3.8) is 0 Å². The quantitative estimate of drug-likeness (QED) is 0.219. The Kier molecular flexibility index (Phi) is 7.10. The van der Waals surface area contributed by atoms with Gasteiger partial charge in [-0.15, -0.1) is 0 Å². The second-order valence-electron chi connectivity index (χ2n) is 10.9. The van der Waals surface area contributed by atoms with Crippen LogP contribution in [0.25, 0.3) is 44.3 Å². The summed E-state index contributed by atoms with van der Waals surface area (Å²) >= 11 is 0. The van der Waals surface area contributed by atoms with Crippen molar-refractivity contribution in [1.82, 2.24) is 30.3 Å². The lowest BCUT2D eigenvalue weighted by atomic mass is 10.0. The first kappa shape index (κ1) is 24.6. The van der Waals surface area contributed by atoms with Gasteiger partial charge in [-0.2, -0.15) is 10.2 Å². The van der Waals surface area contributed by atoms with Crippen molar-refractivity contribution in [2.75, 3.05) is 26.2 Å². The van der Waals surface area contributed by atoms with Gasteiger partial charge in [0, 0.05) is 29.5 Å². The maximum atomic E-state index is 6.08. The van der Waals surface area contributed by atoms with E-state index in [-0.39, 0.29) is 0 Å². The third-order valence-electron chi connectivity index (χ3n) is 7.38. The lowest BCUT2D eigenvalue weighted by Gasteiger charge is -2.26. The highest BCUT2D eigenvalue weighted by Crippen LogP contribution is 2.32. The molecule has 1 aliphatic rings. The van der Waals surface area contributed by atoms with Crippen molar-refractivity contribution in [3.8, 4) is 28.4 Å². The van der Waals surface area contributed by atoms with Crippen LogP contribution in [0.1, 0.15) is 45.4 Å². The molecule has 1 saturated heterocycles. The zero-order valence-corrected chi connectivity index (χ0v) is 22.3. The first-order valence-electron chi connectivity index (χ1n) is 13.9. The van der Waals surface area contributed by atoms with Gasteiger partial charge in [-0.3, -0.25) is 10.2 Å². The average Bonchev–Trinajstić information content (AvgIpc) is 3.58. The Bertz CT molecular complexity index is 1530. The Labute approximate surface area is 223 Å². The number of rotatable bonds is 9. The number of nitrogens with zero attached hydrogens (tertiary/aromatic N) is 4. The number of ether oxygens (including phenoxy) is 1. The molecule has 7 heteroatoms. The largest absolute Gasteiger partial charge is 0.494 e. The molecule has 0 radical (unpaired) electrons. The molecule has 5 aromatic rings. The van der Waals surface area contributed by atoms with E-state index in [0.717, 1.165) is 71.1 Å². The molecule has 2 N–H and O–H groups in total. The van der Waals surface area contributed by atoms with Gasteiger partial charge in [0.05, 0.1) is 17.8 Å². The first-order chi connectivity index (χ1) is 18.6. The molecule has 0 saturated carbocycles. The first-order valence-corrected chi connectivity index (χ1v) is 13.9. The molecule has 3 aromatic carbocycles. The Hall–Kier alpha value is -3.71. The number of piperidine rings is 1. The molecule has 2 aromatic heterocycles. The van der Waals surface area contributed by atoms with E-state index in [9.17, 15) is 0 Å². The normalized spacial score (nSPS) is 14.6. The highest BCUT2D eigenvalue weighted by Gasteiger charge is 2.14. The molecule has 0 aliphatic carbocycles. The highest BCUT2D eigenvalue weighted by molar-refractivity contribution is 5.97.